The van der Waals surface area contributed by atoms with E-state index in [1.165, 1.54) is 52.5 Å². The number of para-hydroxylation sites is 1. The molecule has 0 saturated heterocycles. The van der Waals surface area contributed by atoms with Gasteiger partial charge in [0.05, 0.1) is 20.9 Å². The summed E-state index contributed by atoms with van der Waals surface area (Å²) in [5.41, 5.74) is 6.20. The summed E-state index contributed by atoms with van der Waals surface area (Å²) in [7, 11) is -5.89. The molecule has 0 saturated carbocycles. The minimum atomic E-state index is -3.98. The molecule has 2 aromatic carbocycles. The molecule has 7 nitrogen and oxygen atoms in total. The second-order valence-corrected chi connectivity index (χ2v) is 10.2. The topological polar surface area (TPSA) is 101 Å². The van der Waals surface area contributed by atoms with Crippen LogP contribution in [0.3, 0.4) is 0 Å². The van der Waals surface area contributed by atoms with E-state index in [9.17, 15) is 16.8 Å². The van der Waals surface area contributed by atoms with Gasteiger partial charge in [-0.25, -0.2) is 21.8 Å². The smallest absolute Gasteiger partial charge is 0.211 e. The Bertz CT molecular complexity index is 1360. The molecular formula is C21H19N3O4S2. The average molecular weight is 442 g/mol. The molecule has 2 aliphatic heterocycles. The van der Waals surface area contributed by atoms with Crippen LogP contribution < -0.4 is 4.99 Å². The van der Waals surface area contributed by atoms with Gasteiger partial charge in [-0.05, 0) is 36.4 Å². The zero-order chi connectivity index (χ0) is 21.5. The Hall–Kier alpha value is -3.01. The first-order chi connectivity index (χ1) is 14.2. The molecule has 30 heavy (non-hydrogen) atoms. The molecule has 0 radical (unpaired) electrons. The molecule has 0 spiro atoms. The summed E-state index contributed by atoms with van der Waals surface area (Å²) >= 11 is 0. The lowest BCUT2D eigenvalue weighted by Crippen LogP contribution is -2.62. The largest absolute Gasteiger partial charge is 0.428 e. The van der Waals surface area contributed by atoms with Gasteiger partial charge in [-0.1, -0.05) is 24.3 Å². The average Bonchev–Trinajstić information content (AvgIpc) is 3.30. The van der Waals surface area contributed by atoms with Crippen LogP contribution in [0.5, 0.6) is 0 Å². The zero-order valence-corrected chi connectivity index (χ0v) is 17.9. The Morgan fingerprint density at radius 3 is 2.07 bits per heavy atom. The SMILES string of the molecule is CC1=[NH+]c2ccccc2/C1=C/c1cccn1C.O=S1(=O)[N-]S(=O)(=O)c2ccccc21. The lowest BCUT2D eigenvalue weighted by molar-refractivity contribution is -0.349. The summed E-state index contributed by atoms with van der Waals surface area (Å²) in [5.74, 6) is 0. The highest BCUT2D eigenvalue weighted by molar-refractivity contribution is 8.14. The number of fused-ring (bicyclic) bond motifs is 2. The third-order valence-electron chi connectivity index (χ3n) is 4.82. The van der Waals surface area contributed by atoms with Gasteiger partial charge in [-0.2, -0.15) is 0 Å². The van der Waals surface area contributed by atoms with Crippen LogP contribution in [0.25, 0.3) is 15.8 Å². The number of rotatable bonds is 1. The number of hydrogen-bond acceptors (Lipinski definition) is 4. The lowest BCUT2D eigenvalue weighted by Gasteiger charge is -2.05. The number of allylic oxidation sites excluding steroid dienone is 1. The van der Waals surface area contributed by atoms with Crippen molar-refractivity contribution >= 4 is 43.1 Å². The van der Waals surface area contributed by atoms with E-state index in [1.807, 2.05) is 0 Å². The summed E-state index contributed by atoms with van der Waals surface area (Å²) in [6, 6.07) is 18.0. The van der Waals surface area contributed by atoms with Crippen LogP contribution >= 0.6 is 0 Å². The highest BCUT2D eigenvalue weighted by Crippen LogP contribution is 2.37. The number of benzene rings is 2. The van der Waals surface area contributed by atoms with Gasteiger partial charge in [0.15, 0.2) is 5.71 Å². The molecule has 9 heteroatoms. The molecule has 3 heterocycles. The quantitative estimate of drug-likeness (QED) is 0.626. The normalized spacial score (nSPS) is 18.9. The Kier molecular flexibility index (Phi) is 4.97. The molecule has 1 aromatic heterocycles. The maximum Gasteiger partial charge on any atom is 0.211 e. The van der Waals surface area contributed by atoms with Gasteiger partial charge < -0.3 is 8.69 Å². The van der Waals surface area contributed by atoms with Crippen molar-refractivity contribution in [1.29, 1.82) is 0 Å². The van der Waals surface area contributed by atoms with E-state index >= 15 is 0 Å². The highest BCUT2D eigenvalue weighted by Gasteiger charge is 2.26. The second-order valence-electron chi connectivity index (χ2n) is 6.87. The van der Waals surface area contributed by atoms with Gasteiger partial charge in [0.1, 0.15) is 20.0 Å². The van der Waals surface area contributed by atoms with E-state index in [4.69, 9.17) is 0 Å². The fourth-order valence-electron chi connectivity index (χ4n) is 3.34. The first-order valence-electron chi connectivity index (χ1n) is 9.06. The molecule has 5 rings (SSSR count). The molecule has 0 bridgehead atoms. The van der Waals surface area contributed by atoms with E-state index in [2.05, 4.69) is 76.3 Å². The van der Waals surface area contributed by atoms with Crippen LogP contribution in [0.4, 0.5) is 5.69 Å². The van der Waals surface area contributed by atoms with Crippen LogP contribution in [-0.4, -0.2) is 27.1 Å². The van der Waals surface area contributed by atoms with Crippen molar-refractivity contribution in [1.82, 2.24) is 4.57 Å². The number of aromatic nitrogens is 1. The maximum atomic E-state index is 11.1. The van der Waals surface area contributed by atoms with Crippen molar-refractivity contribution < 1.29 is 21.8 Å². The molecule has 0 unspecified atom stereocenters. The highest BCUT2D eigenvalue weighted by atomic mass is 32.3. The van der Waals surface area contributed by atoms with Gasteiger partial charge in [0.25, 0.3) is 0 Å². The summed E-state index contributed by atoms with van der Waals surface area (Å²) in [5, 5.41) is 0. The fraction of sp³-hybridized carbons (Fsp3) is 0.0952. The standard InChI is InChI=1S/C15H14N2.C6H4NO4S2/c1-11-14(10-12-6-5-9-17(12)2)13-7-3-4-8-15(13)16-11;8-12(9)5-3-1-2-4-6(5)13(10,11)7-12/h3-10H,1-2H3;1-4H/q;-1/p+1/b14-10+;. The molecule has 3 aromatic rings. The lowest BCUT2D eigenvalue weighted by atomic mass is 10.0. The molecular weight excluding hydrogens is 422 g/mol. The van der Waals surface area contributed by atoms with E-state index in [0.717, 1.165) is 0 Å². The van der Waals surface area contributed by atoms with Crippen LogP contribution in [0, 0.1) is 0 Å². The minimum Gasteiger partial charge on any atom is -0.428 e. The van der Waals surface area contributed by atoms with Crippen LogP contribution in [-0.2, 0) is 27.1 Å². The summed E-state index contributed by atoms with van der Waals surface area (Å²) < 4.78 is 49.4. The summed E-state index contributed by atoms with van der Waals surface area (Å²) in [4.78, 5) is 2.94. The molecule has 1 N–H and O–H groups in total. The third kappa shape index (κ3) is 3.62. The molecule has 2 aliphatic rings. The van der Waals surface area contributed by atoms with Crippen LogP contribution in [0.2, 0.25) is 0 Å². The second kappa shape index (κ2) is 7.35. The van der Waals surface area contributed by atoms with Crippen molar-refractivity contribution in [3.05, 3.63) is 82.2 Å². The molecule has 0 fully saturated rings. The zero-order valence-electron chi connectivity index (χ0n) is 16.3. The first kappa shape index (κ1) is 20.3. The number of aryl methyl sites for hydroxylation is 1. The predicted octanol–water partition coefficient (Wildman–Crippen LogP) is 2.20. The number of hydrogen-bond donors (Lipinski definition) is 1. The van der Waals surface area contributed by atoms with Gasteiger partial charge in [-0.3, -0.25) is 0 Å². The number of nitrogens with zero attached hydrogens (tertiary/aromatic N) is 2. The first-order valence-corrected chi connectivity index (χ1v) is 11.9. The van der Waals surface area contributed by atoms with Crippen LogP contribution in [0.15, 0.2) is 76.7 Å². The van der Waals surface area contributed by atoms with E-state index in [0.29, 0.717) is 0 Å². The molecule has 0 amide bonds. The van der Waals surface area contributed by atoms with E-state index < -0.39 is 20.0 Å². The Balaban J connectivity index is 0.000000151. The van der Waals surface area contributed by atoms with Crippen molar-refractivity contribution in [3.63, 3.8) is 0 Å². The van der Waals surface area contributed by atoms with Gasteiger partial charge in [-0.15, -0.1) is 0 Å². The van der Waals surface area contributed by atoms with E-state index in [1.54, 1.807) is 0 Å². The molecule has 0 atom stereocenters. The maximum absolute atomic E-state index is 11.1. The monoisotopic (exact) mass is 441 g/mol. The fourth-order valence-corrected chi connectivity index (χ4v) is 6.80. The van der Waals surface area contributed by atoms with Crippen molar-refractivity contribution in [3.8, 4) is 0 Å². The van der Waals surface area contributed by atoms with Gasteiger partial charge in [0, 0.05) is 31.9 Å². The van der Waals surface area contributed by atoms with Gasteiger partial charge >= 0.3 is 0 Å². The molecule has 0 aliphatic carbocycles. The van der Waals surface area contributed by atoms with Gasteiger partial charge in [0.2, 0.25) is 5.69 Å². The summed E-state index contributed by atoms with van der Waals surface area (Å²) in [6.45, 7) is 2.12. The van der Waals surface area contributed by atoms with Crippen molar-refractivity contribution in [2.75, 3.05) is 0 Å². The van der Waals surface area contributed by atoms with Crippen LogP contribution in [0.1, 0.15) is 18.2 Å². The predicted molar refractivity (Wildman–Crippen MR) is 115 cm³/mol. The van der Waals surface area contributed by atoms with E-state index in [-0.39, 0.29) is 9.79 Å². The Morgan fingerprint density at radius 2 is 1.47 bits per heavy atom. The Labute approximate surface area is 175 Å². The van der Waals surface area contributed by atoms with Crippen molar-refractivity contribution in [2.24, 2.45) is 7.05 Å². The number of sulfonamides is 2. The van der Waals surface area contributed by atoms with Crippen molar-refractivity contribution in [2.45, 2.75) is 16.7 Å². The summed E-state index contributed by atoms with van der Waals surface area (Å²) in [6.07, 6.45) is 4.30. The minimum absolute atomic E-state index is 0.241. The Morgan fingerprint density at radius 1 is 0.867 bits per heavy atom. The molecule has 154 valence electrons. The number of nitrogens with one attached hydrogen (secondary N) is 1. The third-order valence-corrected chi connectivity index (χ3v) is 8.34.